The zero-order valence-electron chi connectivity index (χ0n) is 10.5. The van der Waals surface area contributed by atoms with Crippen LogP contribution in [0.2, 0.25) is 5.02 Å². The average Bonchev–Trinajstić information content (AvgIpc) is 2.50. The summed E-state index contributed by atoms with van der Waals surface area (Å²) in [6, 6.07) is 0. The van der Waals surface area contributed by atoms with E-state index < -0.39 is 0 Å². The number of hydrogen-bond acceptors (Lipinski definition) is 3. The number of ether oxygens (including phenoxy) is 1. The van der Waals surface area contributed by atoms with Crippen molar-refractivity contribution in [1.82, 2.24) is 15.1 Å². The van der Waals surface area contributed by atoms with Gasteiger partial charge in [0.2, 0.25) is 0 Å². The van der Waals surface area contributed by atoms with Crippen LogP contribution in [0.1, 0.15) is 17.8 Å². The van der Waals surface area contributed by atoms with Crippen LogP contribution in [0.3, 0.4) is 0 Å². The monoisotopic (exact) mass is 279 g/mol. The minimum absolute atomic E-state index is 0.0521. The molecule has 0 fully saturated rings. The van der Waals surface area contributed by atoms with Gasteiger partial charge < -0.3 is 10.1 Å². The van der Waals surface area contributed by atoms with Gasteiger partial charge >= 0.3 is 0 Å². The highest BCUT2D eigenvalue weighted by Gasteiger charge is 2.10. The van der Waals surface area contributed by atoms with Crippen molar-refractivity contribution < 1.29 is 4.74 Å². The first-order chi connectivity index (χ1) is 8.06. The van der Waals surface area contributed by atoms with Crippen molar-refractivity contribution in [2.45, 2.75) is 25.3 Å². The second kappa shape index (κ2) is 7.21. The summed E-state index contributed by atoms with van der Waals surface area (Å²) in [6.07, 6.45) is 0.865. The first kappa shape index (κ1) is 14.8. The van der Waals surface area contributed by atoms with Crippen LogP contribution in [0.25, 0.3) is 0 Å². The number of aryl methyl sites for hydroxylation is 2. The van der Waals surface area contributed by atoms with Gasteiger partial charge in [-0.1, -0.05) is 11.6 Å². The minimum Gasteiger partial charge on any atom is -0.383 e. The lowest BCUT2D eigenvalue weighted by Crippen LogP contribution is -2.21. The van der Waals surface area contributed by atoms with Crippen molar-refractivity contribution in [2.24, 2.45) is 7.05 Å². The summed E-state index contributed by atoms with van der Waals surface area (Å²) in [7, 11) is 3.55. The molecule has 1 aromatic rings. The highest BCUT2D eigenvalue weighted by molar-refractivity contribution is 6.31. The molecule has 4 nitrogen and oxygen atoms in total. The standard InChI is InChI=1S/C11H19Cl2N3O/c1-8-11(13)10(16(2)15-8)6-14-5-4-9(12)7-17-3/h9,14H,4-7H2,1-3H3. The first-order valence-electron chi connectivity index (χ1n) is 5.58. The van der Waals surface area contributed by atoms with Gasteiger partial charge in [-0.15, -0.1) is 11.6 Å². The fourth-order valence-electron chi connectivity index (χ4n) is 1.60. The van der Waals surface area contributed by atoms with Crippen LogP contribution in [-0.4, -0.2) is 35.4 Å². The predicted octanol–water partition coefficient (Wildman–Crippen LogP) is 2.12. The maximum absolute atomic E-state index is 6.14. The number of hydrogen-bond donors (Lipinski definition) is 1. The summed E-state index contributed by atoms with van der Waals surface area (Å²) in [5.74, 6) is 0. The van der Waals surface area contributed by atoms with Gasteiger partial charge in [-0.25, -0.2) is 0 Å². The van der Waals surface area contributed by atoms with Gasteiger partial charge in [-0.2, -0.15) is 5.10 Å². The van der Waals surface area contributed by atoms with Crippen LogP contribution < -0.4 is 5.32 Å². The van der Waals surface area contributed by atoms with Gasteiger partial charge in [-0.3, -0.25) is 4.68 Å². The van der Waals surface area contributed by atoms with Gasteiger partial charge in [0.15, 0.2) is 0 Å². The van der Waals surface area contributed by atoms with E-state index in [1.54, 1.807) is 11.8 Å². The number of nitrogens with zero attached hydrogens (tertiary/aromatic N) is 2. The van der Waals surface area contributed by atoms with Crippen LogP contribution in [0.15, 0.2) is 0 Å². The Morgan fingerprint density at radius 3 is 2.76 bits per heavy atom. The molecule has 17 heavy (non-hydrogen) atoms. The lowest BCUT2D eigenvalue weighted by atomic mass is 10.3. The summed E-state index contributed by atoms with van der Waals surface area (Å²) in [4.78, 5) is 0. The molecule has 0 aliphatic heterocycles. The smallest absolute Gasteiger partial charge is 0.0860 e. The summed E-state index contributed by atoms with van der Waals surface area (Å²) in [5, 5.41) is 8.34. The van der Waals surface area contributed by atoms with Crippen LogP contribution in [0.4, 0.5) is 0 Å². The Morgan fingerprint density at radius 2 is 2.24 bits per heavy atom. The fourth-order valence-corrected chi connectivity index (χ4v) is 2.06. The van der Waals surface area contributed by atoms with E-state index in [-0.39, 0.29) is 5.38 Å². The third kappa shape index (κ3) is 4.47. The molecule has 1 heterocycles. The van der Waals surface area contributed by atoms with E-state index in [2.05, 4.69) is 10.4 Å². The number of methoxy groups -OCH3 is 1. The van der Waals surface area contributed by atoms with Crippen LogP contribution in [-0.2, 0) is 18.3 Å². The fraction of sp³-hybridized carbons (Fsp3) is 0.727. The lowest BCUT2D eigenvalue weighted by Gasteiger charge is -2.09. The second-order valence-electron chi connectivity index (χ2n) is 3.99. The highest BCUT2D eigenvalue weighted by Crippen LogP contribution is 2.18. The Morgan fingerprint density at radius 1 is 1.53 bits per heavy atom. The zero-order chi connectivity index (χ0) is 12.8. The Kier molecular flexibility index (Phi) is 6.27. The molecule has 0 aliphatic rings. The third-order valence-electron chi connectivity index (χ3n) is 2.54. The van der Waals surface area contributed by atoms with Crippen LogP contribution in [0.5, 0.6) is 0 Å². The van der Waals surface area contributed by atoms with Crippen molar-refractivity contribution in [1.29, 1.82) is 0 Å². The van der Waals surface area contributed by atoms with Gasteiger partial charge in [0, 0.05) is 20.7 Å². The number of halogens is 2. The molecule has 0 spiro atoms. The van der Waals surface area contributed by atoms with Gasteiger partial charge in [0.1, 0.15) is 0 Å². The van der Waals surface area contributed by atoms with Gasteiger partial charge in [0.25, 0.3) is 0 Å². The minimum atomic E-state index is 0.0521. The van der Waals surface area contributed by atoms with E-state index in [0.29, 0.717) is 13.2 Å². The molecule has 0 bridgehead atoms. The first-order valence-corrected chi connectivity index (χ1v) is 6.39. The summed E-state index contributed by atoms with van der Waals surface area (Å²) in [5.41, 5.74) is 1.86. The molecule has 0 saturated carbocycles. The molecule has 0 amide bonds. The maximum Gasteiger partial charge on any atom is 0.0860 e. The van der Waals surface area contributed by atoms with E-state index >= 15 is 0 Å². The average molecular weight is 280 g/mol. The second-order valence-corrected chi connectivity index (χ2v) is 4.98. The normalized spacial score (nSPS) is 13.0. The van der Waals surface area contributed by atoms with Crippen molar-refractivity contribution >= 4 is 23.2 Å². The van der Waals surface area contributed by atoms with Gasteiger partial charge in [0.05, 0.1) is 28.4 Å². The zero-order valence-corrected chi connectivity index (χ0v) is 12.0. The molecule has 1 rings (SSSR count). The van der Waals surface area contributed by atoms with E-state index in [1.165, 1.54) is 0 Å². The number of aromatic nitrogens is 2. The van der Waals surface area contributed by atoms with E-state index in [4.69, 9.17) is 27.9 Å². The molecule has 0 aliphatic carbocycles. The molecule has 6 heteroatoms. The molecule has 1 atom stereocenters. The molecular formula is C11H19Cl2N3O. The summed E-state index contributed by atoms with van der Waals surface area (Å²) >= 11 is 12.2. The number of alkyl halides is 1. The van der Waals surface area contributed by atoms with Crippen LogP contribution in [0, 0.1) is 6.92 Å². The quantitative estimate of drug-likeness (QED) is 0.614. The van der Waals surface area contributed by atoms with Crippen molar-refractivity contribution in [3.05, 3.63) is 16.4 Å². The molecule has 0 saturated heterocycles. The predicted molar refractivity (Wildman–Crippen MR) is 70.8 cm³/mol. The maximum atomic E-state index is 6.14. The van der Waals surface area contributed by atoms with Crippen molar-refractivity contribution in [3.8, 4) is 0 Å². The molecule has 98 valence electrons. The summed E-state index contributed by atoms with van der Waals surface area (Å²) in [6.45, 7) is 4.01. The van der Waals surface area contributed by atoms with Crippen molar-refractivity contribution in [3.63, 3.8) is 0 Å². The third-order valence-corrected chi connectivity index (χ3v) is 3.37. The molecule has 0 aromatic carbocycles. The Hall–Kier alpha value is -0.290. The van der Waals surface area contributed by atoms with Crippen molar-refractivity contribution in [2.75, 3.05) is 20.3 Å². The van der Waals surface area contributed by atoms with E-state index in [0.717, 1.165) is 29.4 Å². The number of nitrogens with one attached hydrogen (secondary N) is 1. The van der Waals surface area contributed by atoms with E-state index in [1.807, 2.05) is 14.0 Å². The molecule has 1 unspecified atom stereocenters. The van der Waals surface area contributed by atoms with Gasteiger partial charge in [-0.05, 0) is 19.9 Å². The SMILES string of the molecule is COCC(Cl)CCNCc1c(Cl)c(C)nn1C. The summed E-state index contributed by atoms with van der Waals surface area (Å²) < 4.78 is 6.77. The topological polar surface area (TPSA) is 39.1 Å². The van der Waals surface area contributed by atoms with E-state index in [9.17, 15) is 0 Å². The molecule has 0 radical (unpaired) electrons. The lowest BCUT2D eigenvalue weighted by molar-refractivity contribution is 0.195. The number of rotatable bonds is 7. The highest BCUT2D eigenvalue weighted by atomic mass is 35.5. The Bertz CT molecular complexity index is 355. The Balaban J connectivity index is 2.31. The Labute approximate surface area is 112 Å². The molecular weight excluding hydrogens is 261 g/mol. The molecule has 1 aromatic heterocycles. The van der Waals surface area contributed by atoms with Crippen LogP contribution >= 0.6 is 23.2 Å². The molecule has 1 N–H and O–H groups in total. The largest absolute Gasteiger partial charge is 0.383 e.